The lowest BCUT2D eigenvalue weighted by Gasteiger charge is -2.18. The Kier molecular flexibility index (Phi) is 5.37. The number of likely N-dealkylation sites (N-methyl/N-ethyl adjacent to an activating group) is 1. The van der Waals surface area contributed by atoms with Gasteiger partial charge in [-0.1, -0.05) is 66.6 Å². The van der Waals surface area contributed by atoms with Gasteiger partial charge in [0.25, 0.3) is 0 Å². The van der Waals surface area contributed by atoms with E-state index in [2.05, 4.69) is 74.6 Å². The van der Waals surface area contributed by atoms with Gasteiger partial charge in [-0.15, -0.1) is 0 Å². The first-order valence-electron chi connectivity index (χ1n) is 7.52. The third-order valence-electron chi connectivity index (χ3n) is 3.66. The largest absolute Gasteiger partial charge is 0.314 e. The fourth-order valence-electron chi connectivity index (χ4n) is 2.64. The summed E-state index contributed by atoms with van der Waals surface area (Å²) in [6.07, 6.45) is 2.17. The standard InChI is InChI=1S/C19H25N/c1-4-20-19(13-17-10-8-15(2)9-11-17)14-18-7-5-6-16(3)12-18/h5-12,19-20H,4,13-14H2,1-3H3. The average Bonchev–Trinajstić information content (AvgIpc) is 2.42. The average molecular weight is 267 g/mol. The minimum atomic E-state index is 0.504. The Bertz CT molecular complexity index is 528. The maximum absolute atomic E-state index is 3.61. The lowest BCUT2D eigenvalue weighted by molar-refractivity contribution is 0.521. The van der Waals surface area contributed by atoms with E-state index in [9.17, 15) is 0 Å². The molecule has 1 heteroatoms. The van der Waals surface area contributed by atoms with E-state index >= 15 is 0 Å². The number of aryl methyl sites for hydroxylation is 2. The van der Waals surface area contributed by atoms with Crippen molar-refractivity contribution in [2.45, 2.75) is 39.7 Å². The second-order valence-corrected chi connectivity index (χ2v) is 5.64. The number of rotatable bonds is 6. The molecular formula is C19H25N. The second-order valence-electron chi connectivity index (χ2n) is 5.64. The van der Waals surface area contributed by atoms with Gasteiger partial charge in [-0.05, 0) is 44.4 Å². The van der Waals surface area contributed by atoms with Crippen LogP contribution < -0.4 is 5.32 Å². The summed E-state index contributed by atoms with van der Waals surface area (Å²) >= 11 is 0. The smallest absolute Gasteiger partial charge is 0.0148 e. The van der Waals surface area contributed by atoms with Crippen molar-refractivity contribution in [3.8, 4) is 0 Å². The SMILES string of the molecule is CCNC(Cc1ccc(C)cc1)Cc1cccc(C)c1. The lowest BCUT2D eigenvalue weighted by Crippen LogP contribution is -2.33. The van der Waals surface area contributed by atoms with Gasteiger partial charge in [0.2, 0.25) is 0 Å². The Morgan fingerprint density at radius 3 is 2.20 bits per heavy atom. The molecule has 0 bridgehead atoms. The first kappa shape index (κ1) is 14.8. The molecule has 0 aliphatic carbocycles. The highest BCUT2D eigenvalue weighted by Crippen LogP contribution is 2.12. The van der Waals surface area contributed by atoms with Crippen molar-refractivity contribution in [3.05, 3.63) is 70.8 Å². The topological polar surface area (TPSA) is 12.0 Å². The van der Waals surface area contributed by atoms with Gasteiger partial charge in [-0.2, -0.15) is 0 Å². The van der Waals surface area contributed by atoms with Gasteiger partial charge >= 0.3 is 0 Å². The molecule has 0 amide bonds. The molecule has 2 rings (SSSR count). The van der Waals surface area contributed by atoms with Crippen molar-refractivity contribution in [1.29, 1.82) is 0 Å². The normalized spacial score (nSPS) is 12.3. The van der Waals surface area contributed by atoms with Crippen LogP contribution in [0.4, 0.5) is 0 Å². The van der Waals surface area contributed by atoms with E-state index in [1.54, 1.807) is 0 Å². The summed E-state index contributed by atoms with van der Waals surface area (Å²) in [6, 6.07) is 18.2. The van der Waals surface area contributed by atoms with Crippen molar-refractivity contribution >= 4 is 0 Å². The van der Waals surface area contributed by atoms with E-state index in [-0.39, 0.29) is 0 Å². The second kappa shape index (κ2) is 7.25. The van der Waals surface area contributed by atoms with Crippen LogP contribution in [0.2, 0.25) is 0 Å². The van der Waals surface area contributed by atoms with Gasteiger partial charge in [0.05, 0.1) is 0 Å². The molecule has 2 aromatic carbocycles. The van der Waals surface area contributed by atoms with Crippen LogP contribution in [-0.4, -0.2) is 12.6 Å². The molecule has 1 N–H and O–H groups in total. The van der Waals surface area contributed by atoms with Crippen molar-refractivity contribution in [2.24, 2.45) is 0 Å². The molecule has 0 radical (unpaired) electrons. The van der Waals surface area contributed by atoms with E-state index in [1.165, 1.54) is 22.3 Å². The highest BCUT2D eigenvalue weighted by Gasteiger charge is 2.09. The van der Waals surface area contributed by atoms with Crippen LogP contribution >= 0.6 is 0 Å². The molecule has 0 spiro atoms. The third kappa shape index (κ3) is 4.50. The van der Waals surface area contributed by atoms with Crippen molar-refractivity contribution in [1.82, 2.24) is 5.32 Å². The molecule has 20 heavy (non-hydrogen) atoms. The summed E-state index contributed by atoms with van der Waals surface area (Å²) < 4.78 is 0. The maximum atomic E-state index is 3.61. The van der Waals surface area contributed by atoms with Crippen LogP contribution in [0.15, 0.2) is 48.5 Å². The van der Waals surface area contributed by atoms with Crippen LogP contribution in [0.5, 0.6) is 0 Å². The predicted octanol–water partition coefficient (Wildman–Crippen LogP) is 4.07. The maximum Gasteiger partial charge on any atom is 0.0148 e. The third-order valence-corrected chi connectivity index (χ3v) is 3.66. The van der Waals surface area contributed by atoms with Crippen molar-refractivity contribution < 1.29 is 0 Å². The van der Waals surface area contributed by atoms with E-state index in [0.29, 0.717) is 6.04 Å². The van der Waals surface area contributed by atoms with Crippen molar-refractivity contribution in [2.75, 3.05) is 6.54 Å². The van der Waals surface area contributed by atoms with Crippen molar-refractivity contribution in [3.63, 3.8) is 0 Å². The molecule has 1 atom stereocenters. The Balaban J connectivity index is 2.05. The fourth-order valence-corrected chi connectivity index (χ4v) is 2.64. The summed E-state index contributed by atoms with van der Waals surface area (Å²) in [6.45, 7) is 7.49. The quantitative estimate of drug-likeness (QED) is 0.832. The number of hydrogen-bond donors (Lipinski definition) is 1. The summed E-state index contributed by atoms with van der Waals surface area (Å²) in [5.41, 5.74) is 5.50. The number of nitrogens with one attached hydrogen (secondary N) is 1. The van der Waals surface area contributed by atoms with Gasteiger partial charge in [0, 0.05) is 6.04 Å². The first-order chi connectivity index (χ1) is 9.67. The van der Waals surface area contributed by atoms with Crippen LogP contribution in [-0.2, 0) is 12.8 Å². The minimum Gasteiger partial charge on any atom is -0.314 e. The Morgan fingerprint density at radius 2 is 1.55 bits per heavy atom. The predicted molar refractivity (Wildman–Crippen MR) is 87.2 cm³/mol. The molecule has 0 aliphatic heterocycles. The number of hydrogen-bond acceptors (Lipinski definition) is 1. The molecule has 0 saturated heterocycles. The molecule has 0 aromatic heterocycles. The monoisotopic (exact) mass is 267 g/mol. The van der Waals surface area contributed by atoms with E-state index < -0.39 is 0 Å². The van der Waals surface area contributed by atoms with Gasteiger partial charge in [0.1, 0.15) is 0 Å². The Hall–Kier alpha value is -1.60. The zero-order valence-corrected chi connectivity index (χ0v) is 12.8. The highest BCUT2D eigenvalue weighted by molar-refractivity contribution is 5.25. The summed E-state index contributed by atoms with van der Waals surface area (Å²) in [5.74, 6) is 0. The molecule has 106 valence electrons. The van der Waals surface area contributed by atoms with E-state index in [0.717, 1.165) is 19.4 Å². The molecule has 0 aliphatic rings. The zero-order valence-electron chi connectivity index (χ0n) is 12.8. The lowest BCUT2D eigenvalue weighted by atomic mass is 9.97. The minimum absolute atomic E-state index is 0.504. The van der Waals surface area contributed by atoms with Gasteiger partial charge in [-0.3, -0.25) is 0 Å². The summed E-state index contributed by atoms with van der Waals surface area (Å²) in [5, 5.41) is 3.61. The molecule has 0 heterocycles. The van der Waals surface area contributed by atoms with Crippen LogP contribution in [0.25, 0.3) is 0 Å². The molecule has 1 nitrogen and oxygen atoms in total. The highest BCUT2D eigenvalue weighted by atomic mass is 14.9. The summed E-state index contributed by atoms with van der Waals surface area (Å²) in [4.78, 5) is 0. The van der Waals surface area contributed by atoms with Gasteiger partial charge < -0.3 is 5.32 Å². The van der Waals surface area contributed by atoms with Crippen LogP contribution in [0, 0.1) is 13.8 Å². The van der Waals surface area contributed by atoms with Crippen LogP contribution in [0.3, 0.4) is 0 Å². The molecule has 2 aromatic rings. The molecule has 1 unspecified atom stereocenters. The number of benzene rings is 2. The summed E-state index contributed by atoms with van der Waals surface area (Å²) in [7, 11) is 0. The van der Waals surface area contributed by atoms with Crippen LogP contribution in [0.1, 0.15) is 29.2 Å². The van der Waals surface area contributed by atoms with Gasteiger partial charge in [0.15, 0.2) is 0 Å². The van der Waals surface area contributed by atoms with E-state index in [4.69, 9.17) is 0 Å². The van der Waals surface area contributed by atoms with E-state index in [1.807, 2.05) is 0 Å². The fraction of sp³-hybridized carbons (Fsp3) is 0.368. The molecular weight excluding hydrogens is 242 g/mol. The molecule has 0 saturated carbocycles. The first-order valence-corrected chi connectivity index (χ1v) is 7.52. The molecule has 0 fully saturated rings. The zero-order chi connectivity index (χ0) is 14.4. The Labute approximate surface area is 123 Å². The Morgan fingerprint density at radius 1 is 0.850 bits per heavy atom. The van der Waals surface area contributed by atoms with Gasteiger partial charge in [-0.25, -0.2) is 0 Å².